The maximum atomic E-state index is 12.0. The van der Waals surface area contributed by atoms with Crippen molar-refractivity contribution in [2.45, 2.75) is 38.5 Å². The minimum absolute atomic E-state index is 0.0690. The van der Waals surface area contributed by atoms with Gasteiger partial charge in [0.25, 0.3) is 0 Å². The number of aliphatic hydroxyl groups excluding tert-OH is 1. The maximum Gasteiger partial charge on any atom is 0.211 e. The summed E-state index contributed by atoms with van der Waals surface area (Å²) in [6.45, 7) is 0.441. The van der Waals surface area contributed by atoms with Crippen LogP contribution >= 0.6 is 0 Å². The quantitative estimate of drug-likeness (QED) is 0.772. The molecule has 1 fully saturated rings. The molecule has 0 unspecified atom stereocenters. The van der Waals surface area contributed by atoms with Crippen molar-refractivity contribution in [3.63, 3.8) is 0 Å². The van der Waals surface area contributed by atoms with Crippen LogP contribution in [0, 0.1) is 5.41 Å². The molecule has 1 aliphatic rings. The van der Waals surface area contributed by atoms with Crippen molar-refractivity contribution in [3.05, 3.63) is 35.9 Å². The first kappa shape index (κ1) is 16.5. The first-order valence-electron chi connectivity index (χ1n) is 7.67. The van der Waals surface area contributed by atoms with Gasteiger partial charge < -0.3 is 5.11 Å². The molecule has 2 rings (SSSR count). The molecule has 1 saturated carbocycles. The molecule has 0 bridgehead atoms. The van der Waals surface area contributed by atoms with Gasteiger partial charge in [0.15, 0.2) is 0 Å². The van der Waals surface area contributed by atoms with Gasteiger partial charge in [-0.25, -0.2) is 13.1 Å². The Morgan fingerprint density at radius 2 is 1.81 bits per heavy atom. The van der Waals surface area contributed by atoms with E-state index < -0.39 is 10.0 Å². The van der Waals surface area contributed by atoms with Gasteiger partial charge in [0.1, 0.15) is 0 Å². The van der Waals surface area contributed by atoms with Gasteiger partial charge >= 0.3 is 0 Å². The summed E-state index contributed by atoms with van der Waals surface area (Å²) in [5, 5.41) is 9.50. The SMILES string of the molecule is O=S(=O)(CCCc1ccccc1)NCC1(CO)CCCC1. The molecule has 21 heavy (non-hydrogen) atoms. The predicted molar refractivity (Wildman–Crippen MR) is 84.5 cm³/mol. The minimum Gasteiger partial charge on any atom is -0.396 e. The Morgan fingerprint density at radius 1 is 1.14 bits per heavy atom. The Bertz CT molecular complexity index is 522. The lowest BCUT2D eigenvalue weighted by atomic mass is 9.88. The Hall–Kier alpha value is -0.910. The number of aryl methyl sites for hydroxylation is 1. The fraction of sp³-hybridized carbons (Fsp3) is 0.625. The third-order valence-electron chi connectivity index (χ3n) is 4.39. The van der Waals surface area contributed by atoms with Crippen LogP contribution in [0.3, 0.4) is 0 Å². The number of hydrogen-bond acceptors (Lipinski definition) is 3. The highest BCUT2D eigenvalue weighted by Crippen LogP contribution is 2.37. The maximum absolute atomic E-state index is 12.0. The average molecular weight is 311 g/mol. The molecular formula is C16H25NO3S. The van der Waals surface area contributed by atoms with Crippen molar-refractivity contribution in [1.82, 2.24) is 4.72 Å². The molecule has 4 nitrogen and oxygen atoms in total. The summed E-state index contributed by atoms with van der Waals surface area (Å²) in [5.74, 6) is 0.142. The first-order valence-corrected chi connectivity index (χ1v) is 9.33. The first-order chi connectivity index (χ1) is 10.1. The smallest absolute Gasteiger partial charge is 0.211 e. The molecule has 0 spiro atoms. The van der Waals surface area contributed by atoms with Gasteiger partial charge in [-0.1, -0.05) is 43.2 Å². The zero-order valence-corrected chi connectivity index (χ0v) is 13.2. The standard InChI is InChI=1S/C16H25NO3S/c18-14-16(10-4-5-11-16)13-17-21(19,20)12-6-9-15-7-2-1-3-8-15/h1-3,7-8,17-18H,4-6,9-14H2. The van der Waals surface area contributed by atoms with Crippen LogP contribution < -0.4 is 4.72 Å². The molecule has 118 valence electrons. The Morgan fingerprint density at radius 3 is 2.43 bits per heavy atom. The number of nitrogens with one attached hydrogen (secondary N) is 1. The van der Waals surface area contributed by atoms with Crippen molar-refractivity contribution >= 4 is 10.0 Å². The van der Waals surface area contributed by atoms with Gasteiger partial charge in [0, 0.05) is 18.6 Å². The lowest BCUT2D eigenvalue weighted by Gasteiger charge is -2.26. The summed E-state index contributed by atoms with van der Waals surface area (Å²) in [6, 6.07) is 9.91. The van der Waals surface area contributed by atoms with E-state index in [-0.39, 0.29) is 17.8 Å². The second kappa shape index (κ2) is 7.38. The van der Waals surface area contributed by atoms with E-state index in [4.69, 9.17) is 0 Å². The molecule has 0 aliphatic heterocycles. The monoisotopic (exact) mass is 311 g/mol. The highest BCUT2D eigenvalue weighted by molar-refractivity contribution is 7.89. The number of aliphatic hydroxyl groups is 1. The second-order valence-electron chi connectivity index (χ2n) is 6.09. The van der Waals surface area contributed by atoms with E-state index >= 15 is 0 Å². The Balaban J connectivity index is 1.77. The van der Waals surface area contributed by atoms with Gasteiger partial charge in [-0.15, -0.1) is 0 Å². The van der Waals surface area contributed by atoms with Crippen LogP contribution in [0.15, 0.2) is 30.3 Å². The molecule has 0 amide bonds. The molecule has 0 aromatic heterocycles. The van der Waals surface area contributed by atoms with Crippen LogP contribution in [0.4, 0.5) is 0 Å². The fourth-order valence-corrected chi connectivity index (χ4v) is 4.16. The Labute approximate surface area is 127 Å². The second-order valence-corrected chi connectivity index (χ2v) is 8.02. The molecule has 2 N–H and O–H groups in total. The molecule has 5 heteroatoms. The molecule has 0 heterocycles. The fourth-order valence-electron chi connectivity index (χ4n) is 2.96. The van der Waals surface area contributed by atoms with Crippen LogP contribution in [0.2, 0.25) is 0 Å². The van der Waals surface area contributed by atoms with Gasteiger partial charge in [-0.2, -0.15) is 0 Å². The zero-order chi connectivity index (χ0) is 15.2. The molecular weight excluding hydrogens is 286 g/mol. The molecule has 0 atom stereocenters. The highest BCUT2D eigenvalue weighted by Gasteiger charge is 2.34. The number of sulfonamides is 1. The molecule has 1 aliphatic carbocycles. The molecule has 0 radical (unpaired) electrons. The van der Waals surface area contributed by atoms with Crippen molar-refractivity contribution in [3.8, 4) is 0 Å². The van der Waals surface area contributed by atoms with Gasteiger partial charge in [0.05, 0.1) is 5.75 Å². The summed E-state index contributed by atoms with van der Waals surface area (Å²) in [6.07, 6.45) is 5.37. The van der Waals surface area contributed by atoms with E-state index in [9.17, 15) is 13.5 Å². The third kappa shape index (κ3) is 5.09. The largest absolute Gasteiger partial charge is 0.396 e. The van der Waals surface area contributed by atoms with E-state index in [1.807, 2.05) is 30.3 Å². The summed E-state index contributed by atoms with van der Waals surface area (Å²) >= 11 is 0. The van der Waals surface area contributed by atoms with Crippen LogP contribution in [0.1, 0.15) is 37.7 Å². The van der Waals surface area contributed by atoms with E-state index in [1.54, 1.807) is 0 Å². The van der Waals surface area contributed by atoms with Crippen LogP contribution in [0.5, 0.6) is 0 Å². The molecule has 0 saturated heterocycles. The van der Waals surface area contributed by atoms with E-state index in [0.29, 0.717) is 13.0 Å². The van der Waals surface area contributed by atoms with Crippen molar-refractivity contribution in [2.75, 3.05) is 18.9 Å². The van der Waals surface area contributed by atoms with Crippen LogP contribution in [0.25, 0.3) is 0 Å². The highest BCUT2D eigenvalue weighted by atomic mass is 32.2. The van der Waals surface area contributed by atoms with Crippen LogP contribution in [-0.4, -0.2) is 32.4 Å². The number of benzene rings is 1. The van der Waals surface area contributed by atoms with Gasteiger partial charge in [-0.3, -0.25) is 0 Å². The lowest BCUT2D eigenvalue weighted by Crippen LogP contribution is -2.39. The van der Waals surface area contributed by atoms with E-state index in [2.05, 4.69) is 4.72 Å². The lowest BCUT2D eigenvalue weighted by molar-refractivity contribution is 0.134. The van der Waals surface area contributed by atoms with E-state index in [1.165, 1.54) is 0 Å². The van der Waals surface area contributed by atoms with Gasteiger partial charge in [-0.05, 0) is 31.2 Å². The summed E-state index contributed by atoms with van der Waals surface area (Å²) in [4.78, 5) is 0. The van der Waals surface area contributed by atoms with E-state index in [0.717, 1.165) is 37.7 Å². The normalized spacial score (nSPS) is 18.0. The third-order valence-corrected chi connectivity index (χ3v) is 5.80. The number of hydrogen-bond donors (Lipinski definition) is 2. The minimum atomic E-state index is -3.25. The van der Waals surface area contributed by atoms with Crippen molar-refractivity contribution < 1.29 is 13.5 Å². The van der Waals surface area contributed by atoms with Crippen molar-refractivity contribution in [1.29, 1.82) is 0 Å². The van der Waals surface area contributed by atoms with Gasteiger partial charge in [0.2, 0.25) is 10.0 Å². The topological polar surface area (TPSA) is 66.4 Å². The van der Waals surface area contributed by atoms with Crippen molar-refractivity contribution in [2.24, 2.45) is 5.41 Å². The summed E-state index contributed by atoms with van der Waals surface area (Å²) in [5.41, 5.74) is 0.933. The number of rotatable bonds is 8. The van der Waals surface area contributed by atoms with Crippen LogP contribution in [-0.2, 0) is 16.4 Å². The Kier molecular flexibility index (Phi) is 5.79. The summed E-state index contributed by atoms with van der Waals surface area (Å²) in [7, 11) is -3.25. The average Bonchev–Trinajstić information content (AvgIpc) is 2.96. The zero-order valence-electron chi connectivity index (χ0n) is 12.4. The predicted octanol–water partition coefficient (Wildman–Crippen LogP) is 2.09. The summed E-state index contributed by atoms with van der Waals surface area (Å²) < 4.78 is 26.8. The molecule has 1 aromatic rings. The molecule has 1 aromatic carbocycles.